The van der Waals surface area contributed by atoms with E-state index in [1.807, 2.05) is 0 Å². The van der Waals surface area contributed by atoms with E-state index in [0.717, 1.165) is 38.5 Å². The summed E-state index contributed by atoms with van der Waals surface area (Å²) in [4.78, 5) is 13.9. The Balaban J connectivity index is 1.57. The van der Waals surface area contributed by atoms with Gasteiger partial charge in [-0.3, -0.25) is 4.79 Å². The molecule has 0 bridgehead atoms. The highest BCUT2D eigenvalue weighted by atomic mass is 16.1. The van der Waals surface area contributed by atoms with Gasteiger partial charge in [0.15, 0.2) is 0 Å². The van der Waals surface area contributed by atoms with Crippen LogP contribution in [-0.2, 0) is 4.79 Å². The van der Waals surface area contributed by atoms with E-state index in [1.165, 1.54) is 19.3 Å². The van der Waals surface area contributed by atoms with E-state index in [2.05, 4.69) is 10.2 Å². The van der Waals surface area contributed by atoms with Crippen LogP contribution in [0, 0.1) is 5.92 Å². The minimum atomic E-state index is 0.227. The van der Waals surface area contributed by atoms with Gasteiger partial charge in [0.05, 0.1) is 0 Å². The van der Waals surface area contributed by atoms with Crippen molar-refractivity contribution in [3.8, 4) is 0 Å². The first-order valence-electron chi connectivity index (χ1n) is 6.49. The van der Waals surface area contributed by atoms with E-state index in [-0.39, 0.29) is 5.91 Å². The topological polar surface area (TPSA) is 58.4 Å². The van der Waals surface area contributed by atoms with Gasteiger partial charge < -0.3 is 16.0 Å². The zero-order chi connectivity index (χ0) is 11.4. The Morgan fingerprint density at radius 3 is 2.88 bits per heavy atom. The largest absolute Gasteiger partial charge is 0.353 e. The van der Waals surface area contributed by atoms with E-state index in [1.54, 1.807) is 0 Å². The van der Waals surface area contributed by atoms with Gasteiger partial charge in [-0.1, -0.05) is 0 Å². The van der Waals surface area contributed by atoms with Crippen LogP contribution >= 0.6 is 0 Å². The number of hydrogen-bond acceptors (Lipinski definition) is 3. The van der Waals surface area contributed by atoms with Crippen LogP contribution < -0.4 is 11.1 Å². The lowest BCUT2D eigenvalue weighted by molar-refractivity contribution is -0.121. The monoisotopic (exact) mass is 225 g/mol. The summed E-state index contributed by atoms with van der Waals surface area (Å²) in [6.45, 7) is 3.98. The van der Waals surface area contributed by atoms with Crippen molar-refractivity contribution in [1.29, 1.82) is 0 Å². The molecular weight excluding hydrogens is 202 g/mol. The molecule has 1 aliphatic heterocycles. The van der Waals surface area contributed by atoms with E-state index in [4.69, 9.17) is 5.73 Å². The van der Waals surface area contributed by atoms with E-state index < -0.39 is 0 Å². The quantitative estimate of drug-likeness (QED) is 0.685. The maximum Gasteiger partial charge on any atom is 0.221 e. The molecule has 0 aromatic carbocycles. The maximum atomic E-state index is 11.5. The van der Waals surface area contributed by atoms with Crippen molar-refractivity contribution in [2.24, 2.45) is 11.7 Å². The first-order chi connectivity index (χ1) is 7.78. The molecule has 1 amide bonds. The van der Waals surface area contributed by atoms with Crippen molar-refractivity contribution in [3.63, 3.8) is 0 Å². The molecule has 0 aromatic rings. The van der Waals surface area contributed by atoms with Crippen molar-refractivity contribution in [1.82, 2.24) is 10.2 Å². The average molecular weight is 225 g/mol. The average Bonchev–Trinajstić information content (AvgIpc) is 2.95. The lowest BCUT2D eigenvalue weighted by Crippen LogP contribution is -2.31. The maximum absolute atomic E-state index is 11.5. The lowest BCUT2D eigenvalue weighted by atomic mass is 10.1. The molecule has 92 valence electrons. The Morgan fingerprint density at radius 2 is 2.19 bits per heavy atom. The Morgan fingerprint density at radius 1 is 1.38 bits per heavy atom. The highest BCUT2D eigenvalue weighted by Gasteiger charge is 2.25. The summed E-state index contributed by atoms with van der Waals surface area (Å²) in [5.74, 6) is 0.987. The Bertz CT molecular complexity index is 240. The minimum Gasteiger partial charge on any atom is -0.353 e. The van der Waals surface area contributed by atoms with Crippen LogP contribution in [0.4, 0.5) is 0 Å². The van der Waals surface area contributed by atoms with Gasteiger partial charge in [-0.15, -0.1) is 0 Å². The first kappa shape index (κ1) is 11.9. The standard InChI is InChI=1S/C12H23N3O/c13-6-3-10-4-7-15(9-10)8-5-12(16)14-11-1-2-11/h10-11H,1-9,13H2,(H,14,16). The normalized spacial score (nSPS) is 25.9. The number of nitrogens with one attached hydrogen (secondary N) is 1. The predicted octanol–water partition coefficient (Wildman–Crippen LogP) is 0.326. The summed E-state index contributed by atoms with van der Waals surface area (Å²) in [7, 11) is 0. The van der Waals surface area contributed by atoms with Crippen molar-refractivity contribution < 1.29 is 4.79 Å². The molecule has 0 aromatic heterocycles. The molecule has 0 radical (unpaired) electrons. The molecule has 4 heteroatoms. The third-order valence-electron chi connectivity index (χ3n) is 3.54. The SMILES string of the molecule is NCCC1CCN(CCC(=O)NC2CC2)C1. The van der Waals surface area contributed by atoms with Crippen molar-refractivity contribution in [3.05, 3.63) is 0 Å². The Hall–Kier alpha value is -0.610. The summed E-state index contributed by atoms with van der Waals surface area (Å²) < 4.78 is 0. The first-order valence-corrected chi connectivity index (χ1v) is 6.49. The minimum absolute atomic E-state index is 0.227. The van der Waals surface area contributed by atoms with Crippen LogP contribution in [0.15, 0.2) is 0 Å². The smallest absolute Gasteiger partial charge is 0.221 e. The Kier molecular flexibility index (Phi) is 4.18. The fourth-order valence-electron chi connectivity index (χ4n) is 2.37. The highest BCUT2D eigenvalue weighted by Crippen LogP contribution is 2.20. The summed E-state index contributed by atoms with van der Waals surface area (Å²) >= 11 is 0. The number of nitrogens with zero attached hydrogens (tertiary/aromatic N) is 1. The fraction of sp³-hybridized carbons (Fsp3) is 0.917. The highest BCUT2D eigenvalue weighted by molar-refractivity contribution is 5.76. The van der Waals surface area contributed by atoms with E-state index in [0.29, 0.717) is 12.5 Å². The van der Waals surface area contributed by atoms with Crippen molar-refractivity contribution >= 4 is 5.91 Å². The number of hydrogen-bond donors (Lipinski definition) is 2. The molecule has 2 rings (SSSR count). The van der Waals surface area contributed by atoms with Crippen molar-refractivity contribution in [2.45, 2.75) is 38.1 Å². The van der Waals surface area contributed by atoms with Gasteiger partial charge >= 0.3 is 0 Å². The number of carbonyl (C=O) groups excluding carboxylic acids is 1. The van der Waals surface area contributed by atoms with Crippen LogP contribution in [0.2, 0.25) is 0 Å². The zero-order valence-electron chi connectivity index (χ0n) is 9.95. The molecule has 2 aliphatic rings. The molecule has 3 N–H and O–H groups in total. The summed E-state index contributed by atoms with van der Waals surface area (Å²) in [5.41, 5.74) is 5.56. The lowest BCUT2D eigenvalue weighted by Gasteiger charge is -2.15. The van der Waals surface area contributed by atoms with E-state index >= 15 is 0 Å². The molecule has 1 aliphatic carbocycles. The summed E-state index contributed by atoms with van der Waals surface area (Å²) in [6, 6.07) is 0.496. The molecule has 16 heavy (non-hydrogen) atoms. The number of nitrogens with two attached hydrogens (primary N) is 1. The number of likely N-dealkylation sites (tertiary alicyclic amines) is 1. The second kappa shape index (κ2) is 5.64. The molecular formula is C12H23N3O. The Labute approximate surface area is 97.6 Å². The third-order valence-corrected chi connectivity index (χ3v) is 3.54. The molecule has 0 spiro atoms. The molecule has 2 fully saturated rings. The number of rotatable bonds is 6. The molecule has 1 saturated carbocycles. The van der Waals surface area contributed by atoms with Crippen molar-refractivity contribution in [2.75, 3.05) is 26.2 Å². The zero-order valence-corrected chi connectivity index (χ0v) is 9.95. The predicted molar refractivity (Wildman–Crippen MR) is 64.0 cm³/mol. The molecule has 1 heterocycles. The van der Waals surface area contributed by atoms with Crippen LogP contribution in [0.25, 0.3) is 0 Å². The fourth-order valence-corrected chi connectivity index (χ4v) is 2.37. The second-order valence-electron chi connectivity index (χ2n) is 5.12. The van der Waals surface area contributed by atoms with Crippen LogP contribution in [0.1, 0.15) is 32.1 Å². The van der Waals surface area contributed by atoms with Gasteiger partial charge in [0.1, 0.15) is 0 Å². The number of carbonyl (C=O) groups is 1. The third kappa shape index (κ3) is 3.76. The summed E-state index contributed by atoms with van der Waals surface area (Å²) in [5, 5.41) is 3.03. The van der Waals surface area contributed by atoms with Gasteiger partial charge in [0, 0.05) is 25.6 Å². The number of amides is 1. The van der Waals surface area contributed by atoms with Gasteiger partial charge in [-0.2, -0.15) is 0 Å². The van der Waals surface area contributed by atoms with Crippen LogP contribution in [0.3, 0.4) is 0 Å². The molecule has 1 saturated heterocycles. The van der Waals surface area contributed by atoms with E-state index in [9.17, 15) is 4.79 Å². The molecule has 1 unspecified atom stereocenters. The van der Waals surface area contributed by atoms with Gasteiger partial charge in [0.2, 0.25) is 5.91 Å². The van der Waals surface area contributed by atoms with Crippen LogP contribution in [-0.4, -0.2) is 43.0 Å². The molecule has 4 nitrogen and oxygen atoms in total. The van der Waals surface area contributed by atoms with Gasteiger partial charge in [-0.25, -0.2) is 0 Å². The van der Waals surface area contributed by atoms with Crippen LogP contribution in [0.5, 0.6) is 0 Å². The molecule has 1 atom stereocenters. The van der Waals surface area contributed by atoms with Gasteiger partial charge in [-0.05, 0) is 44.7 Å². The summed E-state index contributed by atoms with van der Waals surface area (Å²) in [6.07, 6.45) is 5.39. The van der Waals surface area contributed by atoms with Gasteiger partial charge in [0.25, 0.3) is 0 Å². The second-order valence-corrected chi connectivity index (χ2v) is 5.12.